The van der Waals surface area contributed by atoms with E-state index in [1.54, 1.807) is 6.20 Å². The van der Waals surface area contributed by atoms with Gasteiger partial charge < -0.3 is 15.4 Å². The van der Waals surface area contributed by atoms with E-state index in [-0.39, 0.29) is 11.8 Å². The van der Waals surface area contributed by atoms with Gasteiger partial charge in [-0.05, 0) is 17.2 Å². The Labute approximate surface area is 140 Å². The van der Waals surface area contributed by atoms with Gasteiger partial charge in [0.2, 0.25) is 11.8 Å². The van der Waals surface area contributed by atoms with Crippen LogP contribution < -0.4 is 15.4 Å². The van der Waals surface area contributed by atoms with Gasteiger partial charge in [-0.15, -0.1) is 0 Å². The second kappa shape index (κ2) is 7.12. The molecule has 2 amide bonds. The van der Waals surface area contributed by atoms with Crippen molar-refractivity contribution in [3.8, 4) is 17.0 Å². The summed E-state index contributed by atoms with van der Waals surface area (Å²) in [5.74, 6) is 0.196. The number of rotatable bonds is 5. The summed E-state index contributed by atoms with van der Waals surface area (Å²) in [4.78, 5) is 27.3. The van der Waals surface area contributed by atoms with Crippen molar-refractivity contribution in [2.24, 2.45) is 0 Å². The number of carbonyl (C=O) groups excluding carboxylic acids is 2. The molecule has 6 heteroatoms. The summed E-state index contributed by atoms with van der Waals surface area (Å²) >= 11 is 0. The van der Waals surface area contributed by atoms with Crippen LogP contribution in [0, 0.1) is 0 Å². The van der Waals surface area contributed by atoms with Crippen molar-refractivity contribution >= 4 is 11.8 Å². The molecular weight excluding hydrogens is 306 g/mol. The summed E-state index contributed by atoms with van der Waals surface area (Å²) in [7, 11) is 0. The van der Waals surface area contributed by atoms with Crippen LogP contribution >= 0.6 is 0 Å². The van der Waals surface area contributed by atoms with Crippen molar-refractivity contribution in [1.29, 1.82) is 0 Å². The molecule has 2 N–H and O–H groups in total. The maximum Gasteiger partial charge on any atom is 0.261 e. The minimum absolute atomic E-state index is 0.120. The van der Waals surface area contributed by atoms with E-state index in [1.807, 2.05) is 36.4 Å². The summed E-state index contributed by atoms with van der Waals surface area (Å²) in [6, 6.07) is 11.9. The quantitative estimate of drug-likeness (QED) is 0.812. The molecule has 2 aromatic rings. The fourth-order valence-electron chi connectivity index (χ4n) is 2.71. The summed E-state index contributed by atoms with van der Waals surface area (Å²) in [6.45, 7) is 2.21. The van der Waals surface area contributed by atoms with E-state index in [4.69, 9.17) is 4.74 Å². The van der Waals surface area contributed by atoms with Crippen molar-refractivity contribution in [3.63, 3.8) is 0 Å². The Morgan fingerprint density at radius 1 is 1.17 bits per heavy atom. The first-order valence-electron chi connectivity index (χ1n) is 7.87. The largest absolute Gasteiger partial charge is 0.464 e. The minimum atomic E-state index is -0.588. The van der Waals surface area contributed by atoms with Gasteiger partial charge in [-0.1, -0.05) is 30.3 Å². The number of benzene rings is 1. The molecule has 1 aromatic carbocycles. The molecule has 124 valence electrons. The van der Waals surface area contributed by atoms with Gasteiger partial charge in [0, 0.05) is 38.2 Å². The Hall–Kier alpha value is -2.89. The van der Waals surface area contributed by atoms with E-state index in [9.17, 15) is 9.59 Å². The van der Waals surface area contributed by atoms with E-state index < -0.39 is 6.10 Å². The van der Waals surface area contributed by atoms with Crippen molar-refractivity contribution in [1.82, 2.24) is 15.6 Å². The second-order valence-electron chi connectivity index (χ2n) is 5.59. The standard InChI is InChI=1S/C18H19N3O3/c1-12(22)19-9-10-20-17(23)16-11-15-14(7-8-21-18(15)24-16)13-5-3-2-4-6-13/h2-8,16H,9-11H2,1H3,(H,19,22)(H,20,23). The van der Waals surface area contributed by atoms with Crippen LogP contribution in [0.4, 0.5) is 0 Å². The number of hydrogen-bond donors (Lipinski definition) is 2. The molecule has 1 aliphatic rings. The van der Waals surface area contributed by atoms with Crippen molar-refractivity contribution in [2.45, 2.75) is 19.4 Å². The van der Waals surface area contributed by atoms with Crippen LogP contribution in [-0.4, -0.2) is 36.0 Å². The van der Waals surface area contributed by atoms with E-state index in [1.165, 1.54) is 6.92 Å². The van der Waals surface area contributed by atoms with Gasteiger partial charge in [-0.2, -0.15) is 0 Å². The number of fused-ring (bicyclic) bond motifs is 1. The predicted molar refractivity (Wildman–Crippen MR) is 89.5 cm³/mol. The van der Waals surface area contributed by atoms with E-state index in [0.29, 0.717) is 25.4 Å². The SMILES string of the molecule is CC(=O)NCCNC(=O)C1Cc2c(-c3ccccc3)ccnc2O1. The molecule has 0 bridgehead atoms. The Bertz CT molecular complexity index is 746. The number of aromatic nitrogens is 1. The third-order valence-electron chi connectivity index (χ3n) is 3.84. The zero-order chi connectivity index (χ0) is 16.9. The third-order valence-corrected chi connectivity index (χ3v) is 3.84. The molecule has 1 aliphatic heterocycles. The van der Waals surface area contributed by atoms with E-state index in [2.05, 4.69) is 15.6 Å². The Kier molecular flexibility index (Phi) is 4.74. The first-order chi connectivity index (χ1) is 11.6. The molecule has 2 heterocycles. The number of nitrogens with one attached hydrogen (secondary N) is 2. The number of carbonyl (C=O) groups is 2. The summed E-state index contributed by atoms with van der Waals surface area (Å²) < 4.78 is 5.70. The Balaban J connectivity index is 1.67. The molecule has 6 nitrogen and oxygen atoms in total. The molecule has 0 fully saturated rings. The Morgan fingerprint density at radius 2 is 1.92 bits per heavy atom. The molecule has 0 aliphatic carbocycles. The summed E-state index contributed by atoms with van der Waals surface area (Å²) in [6.07, 6.45) is 1.59. The highest BCUT2D eigenvalue weighted by Crippen LogP contribution is 2.35. The molecule has 1 atom stereocenters. The van der Waals surface area contributed by atoms with Crippen LogP contribution in [0.5, 0.6) is 5.88 Å². The van der Waals surface area contributed by atoms with Crippen molar-refractivity contribution in [3.05, 3.63) is 48.2 Å². The molecular formula is C18H19N3O3. The number of amides is 2. The highest BCUT2D eigenvalue weighted by molar-refractivity contribution is 5.83. The molecule has 1 aromatic heterocycles. The maximum absolute atomic E-state index is 12.2. The van der Waals surface area contributed by atoms with Gasteiger partial charge in [0.25, 0.3) is 5.91 Å². The van der Waals surface area contributed by atoms with Crippen molar-refractivity contribution in [2.75, 3.05) is 13.1 Å². The topological polar surface area (TPSA) is 80.3 Å². The zero-order valence-corrected chi connectivity index (χ0v) is 13.4. The number of nitrogens with zero attached hydrogens (tertiary/aromatic N) is 1. The van der Waals surface area contributed by atoms with Gasteiger partial charge in [0.15, 0.2) is 6.10 Å². The lowest BCUT2D eigenvalue weighted by molar-refractivity contribution is -0.127. The normalized spacial score (nSPS) is 15.3. The monoisotopic (exact) mass is 325 g/mol. The van der Waals surface area contributed by atoms with Crippen LogP contribution in [0.15, 0.2) is 42.6 Å². The summed E-state index contributed by atoms with van der Waals surface area (Å²) in [5.41, 5.74) is 3.06. The lowest BCUT2D eigenvalue weighted by Crippen LogP contribution is -2.41. The number of pyridine rings is 1. The molecule has 0 radical (unpaired) electrons. The lowest BCUT2D eigenvalue weighted by Gasteiger charge is -2.10. The minimum Gasteiger partial charge on any atom is -0.464 e. The number of ether oxygens (including phenoxy) is 1. The van der Waals surface area contributed by atoms with Crippen LogP contribution in [0.1, 0.15) is 12.5 Å². The van der Waals surface area contributed by atoms with Crippen LogP contribution in [0.25, 0.3) is 11.1 Å². The van der Waals surface area contributed by atoms with Gasteiger partial charge in [0.1, 0.15) is 0 Å². The molecule has 1 unspecified atom stereocenters. The maximum atomic E-state index is 12.2. The second-order valence-corrected chi connectivity index (χ2v) is 5.59. The smallest absolute Gasteiger partial charge is 0.261 e. The zero-order valence-electron chi connectivity index (χ0n) is 13.4. The average Bonchev–Trinajstić information content (AvgIpc) is 3.03. The molecule has 0 saturated carbocycles. The molecule has 0 saturated heterocycles. The average molecular weight is 325 g/mol. The number of hydrogen-bond acceptors (Lipinski definition) is 4. The molecule has 24 heavy (non-hydrogen) atoms. The first-order valence-corrected chi connectivity index (χ1v) is 7.87. The van der Waals surface area contributed by atoms with Crippen LogP contribution in [0.3, 0.4) is 0 Å². The van der Waals surface area contributed by atoms with Crippen LogP contribution in [-0.2, 0) is 16.0 Å². The Morgan fingerprint density at radius 3 is 2.67 bits per heavy atom. The fraction of sp³-hybridized carbons (Fsp3) is 0.278. The van der Waals surface area contributed by atoms with Crippen molar-refractivity contribution < 1.29 is 14.3 Å². The summed E-state index contributed by atoms with van der Waals surface area (Å²) in [5, 5.41) is 5.40. The van der Waals surface area contributed by atoms with E-state index >= 15 is 0 Å². The van der Waals surface area contributed by atoms with Gasteiger partial charge in [0.05, 0.1) is 0 Å². The predicted octanol–water partition coefficient (Wildman–Crippen LogP) is 1.30. The van der Waals surface area contributed by atoms with E-state index in [0.717, 1.165) is 16.7 Å². The fourth-order valence-corrected chi connectivity index (χ4v) is 2.71. The van der Waals surface area contributed by atoms with Gasteiger partial charge in [-0.25, -0.2) is 4.98 Å². The van der Waals surface area contributed by atoms with Crippen LogP contribution in [0.2, 0.25) is 0 Å². The van der Waals surface area contributed by atoms with Gasteiger partial charge in [-0.3, -0.25) is 9.59 Å². The highest BCUT2D eigenvalue weighted by Gasteiger charge is 2.31. The first kappa shape index (κ1) is 16.0. The lowest BCUT2D eigenvalue weighted by atomic mass is 9.99. The highest BCUT2D eigenvalue weighted by atomic mass is 16.5. The van der Waals surface area contributed by atoms with Gasteiger partial charge >= 0.3 is 0 Å². The molecule has 0 spiro atoms. The third kappa shape index (κ3) is 3.53. The molecule has 3 rings (SSSR count).